The van der Waals surface area contributed by atoms with Crippen LogP contribution in [0.4, 0.5) is 24.5 Å². The third kappa shape index (κ3) is 7.08. The zero-order valence-electron chi connectivity index (χ0n) is 18.6. The molecule has 0 aliphatic rings. The first-order chi connectivity index (χ1) is 16.1. The maximum Gasteiger partial charge on any atom is 0.573 e. The molecule has 0 aliphatic heterocycles. The fourth-order valence-electron chi connectivity index (χ4n) is 3.20. The monoisotopic (exact) mass is 471 g/mol. The molecule has 0 aromatic heterocycles. The molecule has 3 aromatic carbocycles. The second-order valence-corrected chi connectivity index (χ2v) is 7.61. The van der Waals surface area contributed by atoms with Crippen molar-refractivity contribution in [1.82, 2.24) is 4.90 Å². The van der Waals surface area contributed by atoms with Crippen molar-refractivity contribution in [1.29, 1.82) is 0 Å². The molecule has 3 aromatic rings. The standard InChI is InChI=1S/C25H24F3N3O3/c1-17(24(33)30-22-11-7-6-10-21(22)18-8-4-3-5-9-18)31(2)16-23(32)29-19-12-14-20(15-13-19)34-25(26,27)28/h3-15,17H,16H2,1-2H3,(H,29,32)(H,30,33). The third-order valence-corrected chi connectivity index (χ3v) is 5.07. The van der Waals surface area contributed by atoms with Crippen LogP contribution < -0.4 is 15.4 Å². The van der Waals surface area contributed by atoms with Gasteiger partial charge in [-0.05, 0) is 49.9 Å². The summed E-state index contributed by atoms with van der Waals surface area (Å²) in [6.07, 6.45) is -4.79. The lowest BCUT2D eigenvalue weighted by atomic mass is 10.0. The van der Waals surface area contributed by atoms with E-state index in [9.17, 15) is 22.8 Å². The number of carbonyl (C=O) groups excluding carboxylic acids is 2. The smallest absolute Gasteiger partial charge is 0.406 e. The molecule has 0 saturated carbocycles. The highest BCUT2D eigenvalue weighted by Crippen LogP contribution is 2.28. The summed E-state index contributed by atoms with van der Waals surface area (Å²) < 4.78 is 40.6. The summed E-state index contributed by atoms with van der Waals surface area (Å²) >= 11 is 0. The van der Waals surface area contributed by atoms with Gasteiger partial charge in [-0.1, -0.05) is 48.5 Å². The number of anilines is 2. The number of carbonyl (C=O) groups is 2. The van der Waals surface area contributed by atoms with Gasteiger partial charge in [-0.3, -0.25) is 14.5 Å². The molecule has 0 heterocycles. The maximum atomic E-state index is 12.8. The Balaban J connectivity index is 1.57. The average molecular weight is 471 g/mol. The number of halogens is 3. The van der Waals surface area contributed by atoms with Crippen molar-refractivity contribution in [3.63, 3.8) is 0 Å². The normalized spacial score (nSPS) is 12.2. The Morgan fingerprint density at radius 1 is 0.912 bits per heavy atom. The highest BCUT2D eigenvalue weighted by Gasteiger charge is 2.31. The molecule has 1 unspecified atom stereocenters. The van der Waals surface area contributed by atoms with Crippen molar-refractivity contribution in [2.24, 2.45) is 0 Å². The number of nitrogens with zero attached hydrogens (tertiary/aromatic N) is 1. The van der Waals surface area contributed by atoms with Gasteiger partial charge in [-0.25, -0.2) is 0 Å². The number of hydrogen-bond acceptors (Lipinski definition) is 4. The van der Waals surface area contributed by atoms with Crippen molar-refractivity contribution in [2.75, 3.05) is 24.2 Å². The Morgan fingerprint density at radius 2 is 1.53 bits per heavy atom. The van der Waals surface area contributed by atoms with E-state index >= 15 is 0 Å². The zero-order chi connectivity index (χ0) is 24.7. The minimum atomic E-state index is -4.79. The van der Waals surface area contributed by atoms with Crippen LogP contribution in [0.15, 0.2) is 78.9 Å². The topological polar surface area (TPSA) is 70.7 Å². The minimum absolute atomic E-state index is 0.101. The van der Waals surface area contributed by atoms with E-state index in [-0.39, 0.29) is 18.2 Å². The van der Waals surface area contributed by atoms with Crippen molar-refractivity contribution < 1.29 is 27.5 Å². The van der Waals surface area contributed by atoms with Crippen LogP contribution in [0.5, 0.6) is 5.75 Å². The number of para-hydroxylation sites is 1. The summed E-state index contributed by atoms with van der Waals surface area (Å²) in [4.78, 5) is 26.8. The third-order valence-electron chi connectivity index (χ3n) is 5.07. The number of alkyl halides is 3. The molecule has 0 bridgehead atoms. The molecular formula is C25H24F3N3O3. The molecular weight excluding hydrogens is 447 g/mol. The highest BCUT2D eigenvalue weighted by atomic mass is 19.4. The zero-order valence-corrected chi connectivity index (χ0v) is 18.6. The van der Waals surface area contributed by atoms with Gasteiger partial charge in [0, 0.05) is 16.9 Å². The number of benzene rings is 3. The summed E-state index contributed by atoms with van der Waals surface area (Å²) in [5.41, 5.74) is 2.80. The van der Waals surface area contributed by atoms with E-state index in [1.165, 1.54) is 12.1 Å². The van der Waals surface area contributed by atoms with E-state index in [1.807, 2.05) is 54.6 Å². The number of nitrogens with one attached hydrogen (secondary N) is 2. The molecule has 0 saturated heterocycles. The Hall–Kier alpha value is -3.85. The van der Waals surface area contributed by atoms with Crippen molar-refractivity contribution >= 4 is 23.2 Å². The van der Waals surface area contributed by atoms with Crippen LogP contribution in [0.2, 0.25) is 0 Å². The van der Waals surface area contributed by atoms with Crippen molar-refractivity contribution in [3.8, 4) is 16.9 Å². The van der Waals surface area contributed by atoms with Crippen molar-refractivity contribution in [2.45, 2.75) is 19.3 Å². The van der Waals surface area contributed by atoms with Gasteiger partial charge in [0.2, 0.25) is 11.8 Å². The molecule has 0 spiro atoms. The first-order valence-electron chi connectivity index (χ1n) is 10.4. The Bertz CT molecular complexity index is 1120. The van der Waals surface area contributed by atoms with Gasteiger partial charge in [-0.15, -0.1) is 13.2 Å². The molecule has 2 amide bonds. The molecule has 6 nitrogen and oxygen atoms in total. The molecule has 1 atom stereocenters. The molecule has 2 N–H and O–H groups in total. The maximum absolute atomic E-state index is 12.8. The van der Waals surface area contributed by atoms with Gasteiger partial charge < -0.3 is 15.4 Å². The van der Waals surface area contributed by atoms with Crippen LogP contribution in [0.1, 0.15) is 6.92 Å². The lowest BCUT2D eigenvalue weighted by molar-refractivity contribution is -0.274. The van der Waals surface area contributed by atoms with E-state index in [4.69, 9.17) is 0 Å². The van der Waals surface area contributed by atoms with Crippen LogP contribution in [0.3, 0.4) is 0 Å². The second-order valence-electron chi connectivity index (χ2n) is 7.61. The van der Waals surface area contributed by atoms with Crippen LogP contribution in [-0.4, -0.2) is 42.7 Å². The SMILES string of the molecule is CC(C(=O)Nc1ccccc1-c1ccccc1)N(C)CC(=O)Nc1ccc(OC(F)(F)F)cc1. The largest absolute Gasteiger partial charge is 0.573 e. The first-order valence-corrected chi connectivity index (χ1v) is 10.4. The summed E-state index contributed by atoms with van der Waals surface area (Å²) in [7, 11) is 1.63. The molecule has 0 radical (unpaired) electrons. The molecule has 178 valence electrons. The van der Waals surface area contributed by atoms with Gasteiger partial charge in [0.15, 0.2) is 0 Å². The van der Waals surface area contributed by atoms with E-state index in [0.29, 0.717) is 11.4 Å². The van der Waals surface area contributed by atoms with Gasteiger partial charge in [0.25, 0.3) is 0 Å². The fraction of sp³-hybridized carbons (Fsp3) is 0.200. The lowest BCUT2D eigenvalue weighted by Gasteiger charge is -2.24. The first kappa shape index (κ1) is 24.8. The number of amides is 2. The number of rotatable bonds is 8. The molecule has 0 aliphatic carbocycles. The number of likely N-dealkylation sites (N-methyl/N-ethyl adjacent to an activating group) is 1. The minimum Gasteiger partial charge on any atom is -0.406 e. The van der Waals surface area contributed by atoms with Gasteiger partial charge >= 0.3 is 6.36 Å². The lowest BCUT2D eigenvalue weighted by Crippen LogP contribution is -2.43. The quantitative estimate of drug-likeness (QED) is 0.477. The summed E-state index contributed by atoms with van der Waals surface area (Å²) in [5.74, 6) is -1.09. The summed E-state index contributed by atoms with van der Waals surface area (Å²) in [6.45, 7) is 1.58. The second kappa shape index (κ2) is 10.8. The fourth-order valence-corrected chi connectivity index (χ4v) is 3.20. The predicted octanol–water partition coefficient (Wildman–Crippen LogP) is 5.15. The predicted molar refractivity (Wildman–Crippen MR) is 124 cm³/mol. The van der Waals surface area contributed by atoms with Gasteiger partial charge in [-0.2, -0.15) is 0 Å². The van der Waals surface area contributed by atoms with Crippen LogP contribution in [0.25, 0.3) is 11.1 Å². The Morgan fingerprint density at radius 3 is 2.18 bits per heavy atom. The van der Waals surface area contributed by atoms with E-state index in [0.717, 1.165) is 23.3 Å². The van der Waals surface area contributed by atoms with E-state index < -0.39 is 18.3 Å². The van der Waals surface area contributed by atoms with Crippen LogP contribution >= 0.6 is 0 Å². The molecule has 34 heavy (non-hydrogen) atoms. The van der Waals surface area contributed by atoms with Crippen molar-refractivity contribution in [3.05, 3.63) is 78.9 Å². The van der Waals surface area contributed by atoms with E-state index in [1.54, 1.807) is 18.9 Å². The van der Waals surface area contributed by atoms with Gasteiger partial charge in [0.1, 0.15) is 5.75 Å². The number of hydrogen-bond donors (Lipinski definition) is 2. The van der Waals surface area contributed by atoms with E-state index in [2.05, 4.69) is 15.4 Å². The molecule has 3 rings (SSSR count). The summed E-state index contributed by atoms with van der Waals surface area (Å²) in [5, 5.41) is 5.51. The Labute approximate surface area is 195 Å². The van der Waals surface area contributed by atoms with Crippen LogP contribution in [-0.2, 0) is 9.59 Å². The van der Waals surface area contributed by atoms with Crippen LogP contribution in [0, 0.1) is 0 Å². The number of ether oxygens (including phenoxy) is 1. The molecule has 9 heteroatoms. The summed E-state index contributed by atoms with van der Waals surface area (Å²) in [6, 6.07) is 21.3. The Kier molecular flexibility index (Phi) is 7.91. The molecule has 0 fully saturated rings. The average Bonchev–Trinajstić information content (AvgIpc) is 2.79. The highest BCUT2D eigenvalue weighted by molar-refractivity contribution is 5.99. The van der Waals surface area contributed by atoms with Gasteiger partial charge in [0.05, 0.1) is 12.6 Å².